The van der Waals surface area contributed by atoms with E-state index in [1.54, 1.807) is 25.3 Å². The van der Waals surface area contributed by atoms with E-state index in [9.17, 15) is 4.79 Å². The first-order valence-corrected chi connectivity index (χ1v) is 5.84. The highest BCUT2D eigenvalue weighted by Crippen LogP contribution is 2.31. The predicted molar refractivity (Wildman–Crippen MR) is 67.2 cm³/mol. The number of aromatic amines is 1. The van der Waals surface area contributed by atoms with Gasteiger partial charge in [-0.1, -0.05) is 10.3 Å². The van der Waals surface area contributed by atoms with Gasteiger partial charge in [-0.25, -0.2) is 0 Å². The lowest BCUT2D eigenvalue weighted by Crippen LogP contribution is -1.96. The minimum Gasteiger partial charge on any atom is -0.495 e. The van der Waals surface area contributed by atoms with Crippen LogP contribution in [-0.2, 0) is 0 Å². The standard InChI is InChI=1S/C11H10BrN3O3/c1-6(16)10-11(14-15-13-10)18-7-3-4-8(12)9(5-7)17-2/h3-5H,1-2H3,(H,13,14,15). The van der Waals surface area contributed by atoms with Crippen molar-refractivity contribution < 1.29 is 14.3 Å². The fourth-order valence-corrected chi connectivity index (χ4v) is 1.74. The number of carbonyl (C=O) groups excluding carboxylic acids is 1. The molecule has 0 atom stereocenters. The molecule has 0 fully saturated rings. The number of H-pyrrole nitrogens is 1. The van der Waals surface area contributed by atoms with Crippen LogP contribution in [0.1, 0.15) is 17.4 Å². The van der Waals surface area contributed by atoms with Crippen LogP contribution in [0.15, 0.2) is 22.7 Å². The molecule has 1 aromatic carbocycles. The fourth-order valence-electron chi connectivity index (χ4n) is 1.33. The van der Waals surface area contributed by atoms with E-state index in [-0.39, 0.29) is 17.4 Å². The molecule has 94 valence electrons. The Morgan fingerprint density at radius 1 is 1.44 bits per heavy atom. The fraction of sp³-hybridized carbons (Fsp3) is 0.182. The van der Waals surface area contributed by atoms with Gasteiger partial charge in [0.05, 0.1) is 11.6 Å². The third kappa shape index (κ3) is 2.51. The van der Waals surface area contributed by atoms with Crippen molar-refractivity contribution in [2.45, 2.75) is 6.92 Å². The Morgan fingerprint density at radius 2 is 2.22 bits per heavy atom. The number of Topliss-reactive ketones (excluding diaryl/α,β-unsaturated/α-hetero) is 1. The van der Waals surface area contributed by atoms with Crippen LogP contribution in [0.4, 0.5) is 0 Å². The van der Waals surface area contributed by atoms with Crippen LogP contribution in [0.25, 0.3) is 0 Å². The lowest BCUT2D eigenvalue weighted by atomic mass is 10.3. The van der Waals surface area contributed by atoms with Crippen molar-refractivity contribution in [3.05, 3.63) is 28.4 Å². The van der Waals surface area contributed by atoms with Gasteiger partial charge in [0.25, 0.3) is 5.88 Å². The highest BCUT2D eigenvalue weighted by Gasteiger charge is 2.14. The summed E-state index contributed by atoms with van der Waals surface area (Å²) >= 11 is 3.34. The quantitative estimate of drug-likeness (QED) is 0.878. The SMILES string of the molecule is COc1cc(Oc2nn[nH]c2C(C)=O)ccc1Br. The Hall–Kier alpha value is -1.89. The maximum Gasteiger partial charge on any atom is 0.269 e. The Morgan fingerprint density at radius 3 is 2.89 bits per heavy atom. The van der Waals surface area contributed by atoms with E-state index in [2.05, 4.69) is 31.3 Å². The summed E-state index contributed by atoms with van der Waals surface area (Å²) in [4.78, 5) is 11.3. The van der Waals surface area contributed by atoms with E-state index in [1.165, 1.54) is 6.92 Å². The van der Waals surface area contributed by atoms with E-state index in [1.807, 2.05) is 0 Å². The summed E-state index contributed by atoms with van der Waals surface area (Å²) in [6.45, 7) is 1.41. The van der Waals surface area contributed by atoms with Gasteiger partial charge in [0.1, 0.15) is 11.5 Å². The maximum absolute atomic E-state index is 11.3. The van der Waals surface area contributed by atoms with Gasteiger partial charge in [-0.15, -0.1) is 0 Å². The van der Waals surface area contributed by atoms with E-state index in [0.29, 0.717) is 11.5 Å². The predicted octanol–water partition coefficient (Wildman–Crippen LogP) is 2.57. The molecule has 1 heterocycles. The van der Waals surface area contributed by atoms with Crippen molar-refractivity contribution >= 4 is 21.7 Å². The molecule has 2 rings (SSSR count). The summed E-state index contributed by atoms with van der Waals surface area (Å²) in [5.41, 5.74) is 0.233. The van der Waals surface area contributed by atoms with E-state index >= 15 is 0 Å². The summed E-state index contributed by atoms with van der Waals surface area (Å²) < 4.78 is 11.4. The molecule has 2 aromatic rings. The first kappa shape index (κ1) is 12.6. The molecule has 0 aliphatic heterocycles. The van der Waals surface area contributed by atoms with Crippen LogP contribution >= 0.6 is 15.9 Å². The largest absolute Gasteiger partial charge is 0.495 e. The molecule has 0 spiro atoms. The summed E-state index contributed by atoms with van der Waals surface area (Å²) in [6, 6.07) is 5.19. The number of ether oxygens (including phenoxy) is 2. The summed E-state index contributed by atoms with van der Waals surface area (Å²) in [6.07, 6.45) is 0. The number of benzene rings is 1. The first-order chi connectivity index (χ1) is 8.61. The van der Waals surface area contributed by atoms with Gasteiger partial charge < -0.3 is 9.47 Å². The molecule has 6 nitrogen and oxygen atoms in total. The molecule has 0 unspecified atom stereocenters. The second kappa shape index (κ2) is 5.18. The van der Waals surface area contributed by atoms with Crippen molar-refractivity contribution in [3.63, 3.8) is 0 Å². The molecule has 7 heteroatoms. The molecule has 0 saturated heterocycles. The minimum atomic E-state index is -0.195. The van der Waals surface area contributed by atoms with Crippen molar-refractivity contribution in [2.24, 2.45) is 0 Å². The molecular weight excluding hydrogens is 302 g/mol. The van der Waals surface area contributed by atoms with Crippen LogP contribution < -0.4 is 9.47 Å². The number of ketones is 1. The maximum atomic E-state index is 11.3. The number of aromatic nitrogens is 3. The average molecular weight is 312 g/mol. The Balaban J connectivity index is 2.28. The summed E-state index contributed by atoms with van der Waals surface area (Å²) in [5.74, 6) is 1.08. The van der Waals surface area contributed by atoms with E-state index < -0.39 is 0 Å². The smallest absolute Gasteiger partial charge is 0.269 e. The topological polar surface area (TPSA) is 77.1 Å². The number of rotatable bonds is 4. The number of carbonyl (C=O) groups is 1. The molecule has 0 bridgehead atoms. The second-order valence-electron chi connectivity index (χ2n) is 3.45. The highest BCUT2D eigenvalue weighted by atomic mass is 79.9. The van der Waals surface area contributed by atoms with Crippen molar-refractivity contribution in [1.82, 2.24) is 15.4 Å². The number of hydrogen-bond donors (Lipinski definition) is 1. The lowest BCUT2D eigenvalue weighted by Gasteiger charge is -2.07. The molecule has 0 saturated carbocycles. The highest BCUT2D eigenvalue weighted by molar-refractivity contribution is 9.10. The number of nitrogens with one attached hydrogen (secondary N) is 1. The lowest BCUT2D eigenvalue weighted by molar-refractivity contribution is 0.101. The van der Waals surface area contributed by atoms with Crippen molar-refractivity contribution in [2.75, 3.05) is 7.11 Å². The van der Waals surface area contributed by atoms with Gasteiger partial charge >= 0.3 is 0 Å². The Kier molecular flexibility index (Phi) is 3.61. The molecule has 0 aliphatic carbocycles. The number of methoxy groups -OCH3 is 1. The molecule has 0 radical (unpaired) electrons. The van der Waals surface area contributed by atoms with Gasteiger partial charge in [0.2, 0.25) is 0 Å². The Bertz CT molecular complexity index is 583. The third-order valence-electron chi connectivity index (χ3n) is 2.21. The Labute approximate surface area is 111 Å². The van der Waals surface area contributed by atoms with Gasteiger partial charge in [0, 0.05) is 13.0 Å². The van der Waals surface area contributed by atoms with Gasteiger partial charge in [0.15, 0.2) is 11.5 Å². The molecule has 0 aliphatic rings. The van der Waals surface area contributed by atoms with Crippen LogP contribution in [0, 0.1) is 0 Å². The molecule has 1 aromatic heterocycles. The molecule has 0 amide bonds. The average Bonchev–Trinajstić information content (AvgIpc) is 2.80. The molecule has 18 heavy (non-hydrogen) atoms. The number of hydrogen-bond acceptors (Lipinski definition) is 5. The summed E-state index contributed by atoms with van der Waals surface area (Å²) in [7, 11) is 1.56. The number of halogens is 1. The monoisotopic (exact) mass is 311 g/mol. The van der Waals surface area contributed by atoms with Crippen molar-refractivity contribution in [1.29, 1.82) is 0 Å². The zero-order valence-electron chi connectivity index (χ0n) is 9.73. The molecular formula is C11H10BrN3O3. The second-order valence-corrected chi connectivity index (χ2v) is 4.30. The van der Waals surface area contributed by atoms with E-state index in [4.69, 9.17) is 9.47 Å². The van der Waals surface area contributed by atoms with Crippen LogP contribution in [0.3, 0.4) is 0 Å². The number of nitrogens with zero attached hydrogens (tertiary/aromatic N) is 2. The van der Waals surface area contributed by atoms with Crippen molar-refractivity contribution in [3.8, 4) is 17.4 Å². The minimum absolute atomic E-state index is 0.145. The zero-order valence-corrected chi connectivity index (χ0v) is 11.3. The van der Waals surface area contributed by atoms with Gasteiger partial charge in [-0.3, -0.25) is 9.89 Å². The van der Waals surface area contributed by atoms with Crippen LogP contribution in [0.5, 0.6) is 17.4 Å². The van der Waals surface area contributed by atoms with E-state index in [0.717, 1.165) is 4.47 Å². The summed E-state index contributed by atoms with van der Waals surface area (Å²) in [5, 5.41) is 9.74. The third-order valence-corrected chi connectivity index (χ3v) is 2.86. The van der Waals surface area contributed by atoms with Crippen LogP contribution in [-0.4, -0.2) is 28.3 Å². The van der Waals surface area contributed by atoms with Gasteiger partial charge in [-0.05, 0) is 28.1 Å². The normalized spacial score (nSPS) is 10.2. The molecule has 1 N–H and O–H groups in total. The first-order valence-electron chi connectivity index (χ1n) is 5.05. The van der Waals surface area contributed by atoms with Gasteiger partial charge in [-0.2, -0.15) is 0 Å². The zero-order chi connectivity index (χ0) is 13.1. The van der Waals surface area contributed by atoms with Crippen LogP contribution in [0.2, 0.25) is 0 Å².